The Morgan fingerprint density at radius 2 is 2.11 bits per heavy atom. The van der Waals surface area contributed by atoms with Crippen LogP contribution in [0.5, 0.6) is 0 Å². The zero-order chi connectivity index (χ0) is 13.8. The molecule has 0 saturated carbocycles. The van der Waals surface area contributed by atoms with Gasteiger partial charge in [-0.15, -0.1) is 0 Å². The largest absolute Gasteiger partial charge is 0.335 e. The number of nitriles is 1. The standard InChI is InChI=1S/C12H14ClN5O/c1-9(6-14)17-2-4-18(5-3-17)12(19)10-7-15-8-11(13)16-10/h7-9H,2-5H2,1H3. The predicted octanol–water partition coefficient (Wildman–Crippen LogP) is 0.800. The summed E-state index contributed by atoms with van der Waals surface area (Å²) < 4.78 is 0. The minimum atomic E-state index is -0.167. The normalized spacial score (nSPS) is 17.8. The molecule has 1 saturated heterocycles. The Bertz CT molecular complexity index is 507. The highest BCUT2D eigenvalue weighted by atomic mass is 35.5. The highest BCUT2D eigenvalue weighted by Crippen LogP contribution is 2.10. The highest BCUT2D eigenvalue weighted by Gasteiger charge is 2.25. The molecule has 7 heteroatoms. The van der Waals surface area contributed by atoms with Crippen molar-refractivity contribution in [2.75, 3.05) is 26.2 Å². The Kier molecular flexibility index (Phi) is 4.30. The van der Waals surface area contributed by atoms with Gasteiger partial charge in [-0.2, -0.15) is 5.26 Å². The van der Waals surface area contributed by atoms with E-state index in [1.807, 2.05) is 11.8 Å². The molecule has 2 heterocycles. The lowest BCUT2D eigenvalue weighted by Gasteiger charge is -2.35. The smallest absolute Gasteiger partial charge is 0.274 e. The van der Waals surface area contributed by atoms with Crippen LogP contribution < -0.4 is 0 Å². The second-order valence-corrected chi connectivity index (χ2v) is 4.75. The summed E-state index contributed by atoms with van der Waals surface area (Å²) in [5.74, 6) is -0.167. The number of aromatic nitrogens is 2. The second kappa shape index (κ2) is 5.95. The Labute approximate surface area is 116 Å². The van der Waals surface area contributed by atoms with Crippen molar-refractivity contribution < 1.29 is 4.79 Å². The molecule has 1 atom stereocenters. The summed E-state index contributed by atoms with van der Waals surface area (Å²) >= 11 is 5.72. The third-order valence-electron chi connectivity index (χ3n) is 3.16. The van der Waals surface area contributed by atoms with Crippen LogP contribution in [-0.4, -0.2) is 57.9 Å². The summed E-state index contributed by atoms with van der Waals surface area (Å²) in [6.07, 6.45) is 2.81. The van der Waals surface area contributed by atoms with Crippen LogP contribution in [-0.2, 0) is 0 Å². The van der Waals surface area contributed by atoms with Gasteiger partial charge < -0.3 is 4.90 Å². The van der Waals surface area contributed by atoms with Gasteiger partial charge in [-0.25, -0.2) is 4.98 Å². The van der Waals surface area contributed by atoms with Crippen molar-refractivity contribution in [3.63, 3.8) is 0 Å². The van der Waals surface area contributed by atoms with Gasteiger partial charge in [0.1, 0.15) is 10.8 Å². The summed E-state index contributed by atoms with van der Waals surface area (Å²) in [5, 5.41) is 9.08. The van der Waals surface area contributed by atoms with Gasteiger partial charge >= 0.3 is 0 Å². The fourth-order valence-electron chi connectivity index (χ4n) is 2.00. The summed E-state index contributed by atoms with van der Waals surface area (Å²) in [7, 11) is 0. The van der Waals surface area contributed by atoms with Crippen molar-refractivity contribution >= 4 is 17.5 Å². The third-order valence-corrected chi connectivity index (χ3v) is 3.34. The van der Waals surface area contributed by atoms with Crippen LogP contribution in [0.25, 0.3) is 0 Å². The van der Waals surface area contributed by atoms with Crippen LogP contribution in [0.3, 0.4) is 0 Å². The van der Waals surface area contributed by atoms with E-state index in [1.54, 1.807) is 4.90 Å². The molecule has 1 aromatic heterocycles. The Hall–Kier alpha value is -1.71. The molecule has 1 amide bonds. The fourth-order valence-corrected chi connectivity index (χ4v) is 2.15. The molecule has 100 valence electrons. The molecule has 1 fully saturated rings. The lowest BCUT2D eigenvalue weighted by atomic mass is 10.2. The molecule has 0 radical (unpaired) electrons. The van der Waals surface area contributed by atoms with Crippen LogP contribution in [0.1, 0.15) is 17.4 Å². The van der Waals surface area contributed by atoms with E-state index >= 15 is 0 Å². The van der Waals surface area contributed by atoms with E-state index < -0.39 is 0 Å². The van der Waals surface area contributed by atoms with Gasteiger partial charge in [0.25, 0.3) is 5.91 Å². The molecule has 1 aromatic rings. The zero-order valence-electron chi connectivity index (χ0n) is 10.6. The van der Waals surface area contributed by atoms with Gasteiger partial charge in [0.15, 0.2) is 0 Å². The molecule has 19 heavy (non-hydrogen) atoms. The molecule has 1 aliphatic rings. The van der Waals surface area contributed by atoms with Gasteiger partial charge in [-0.1, -0.05) is 11.6 Å². The highest BCUT2D eigenvalue weighted by molar-refractivity contribution is 6.29. The van der Waals surface area contributed by atoms with Gasteiger partial charge in [0, 0.05) is 26.2 Å². The van der Waals surface area contributed by atoms with Gasteiger partial charge in [-0.05, 0) is 6.92 Å². The monoisotopic (exact) mass is 279 g/mol. The van der Waals surface area contributed by atoms with Crippen molar-refractivity contribution in [2.45, 2.75) is 13.0 Å². The van der Waals surface area contributed by atoms with E-state index in [2.05, 4.69) is 16.0 Å². The van der Waals surface area contributed by atoms with Crippen LogP contribution in [0.4, 0.5) is 0 Å². The summed E-state index contributed by atoms with van der Waals surface area (Å²) in [6, 6.07) is 2.08. The first-order chi connectivity index (χ1) is 9.11. The van der Waals surface area contributed by atoms with Crippen LogP contribution >= 0.6 is 11.6 Å². The number of carbonyl (C=O) groups is 1. The van der Waals surface area contributed by atoms with Gasteiger partial charge in [0.05, 0.1) is 24.5 Å². The van der Waals surface area contributed by atoms with Crippen molar-refractivity contribution in [1.82, 2.24) is 19.8 Å². The maximum Gasteiger partial charge on any atom is 0.274 e. The first-order valence-electron chi connectivity index (χ1n) is 6.02. The van der Waals surface area contributed by atoms with E-state index in [1.165, 1.54) is 12.4 Å². The average Bonchev–Trinajstić information content (AvgIpc) is 2.46. The lowest BCUT2D eigenvalue weighted by molar-refractivity contribution is 0.0609. The maximum atomic E-state index is 12.2. The Balaban J connectivity index is 1.98. The molecule has 2 rings (SSSR count). The quantitative estimate of drug-likeness (QED) is 0.801. The topological polar surface area (TPSA) is 73.1 Å². The molecule has 6 nitrogen and oxygen atoms in total. The van der Waals surface area contributed by atoms with E-state index in [4.69, 9.17) is 16.9 Å². The Morgan fingerprint density at radius 3 is 2.68 bits per heavy atom. The number of hydrogen-bond acceptors (Lipinski definition) is 5. The zero-order valence-corrected chi connectivity index (χ0v) is 11.3. The van der Waals surface area contributed by atoms with Crippen molar-refractivity contribution in [1.29, 1.82) is 5.26 Å². The molecule has 0 N–H and O–H groups in total. The lowest BCUT2D eigenvalue weighted by Crippen LogP contribution is -2.51. The number of halogens is 1. The number of carbonyl (C=O) groups excluding carboxylic acids is 1. The van der Waals surface area contributed by atoms with Gasteiger partial charge in [0.2, 0.25) is 0 Å². The first-order valence-corrected chi connectivity index (χ1v) is 6.40. The van der Waals surface area contributed by atoms with Crippen LogP contribution in [0.2, 0.25) is 5.15 Å². The molecule has 0 bridgehead atoms. The number of piperazine rings is 1. The van der Waals surface area contributed by atoms with Crippen LogP contribution in [0.15, 0.2) is 12.4 Å². The summed E-state index contributed by atoms with van der Waals surface area (Å²) in [4.78, 5) is 23.8. The maximum absolute atomic E-state index is 12.2. The van der Waals surface area contributed by atoms with Crippen LogP contribution in [0, 0.1) is 11.3 Å². The number of amides is 1. The molecule has 0 aromatic carbocycles. The number of hydrogen-bond donors (Lipinski definition) is 0. The van der Waals surface area contributed by atoms with Crippen molar-refractivity contribution in [2.24, 2.45) is 0 Å². The fraction of sp³-hybridized carbons (Fsp3) is 0.500. The minimum absolute atomic E-state index is 0.122. The van der Waals surface area contributed by atoms with E-state index in [9.17, 15) is 4.79 Å². The first kappa shape index (κ1) is 13.7. The van der Waals surface area contributed by atoms with E-state index in [0.717, 1.165) is 0 Å². The second-order valence-electron chi connectivity index (χ2n) is 4.36. The third kappa shape index (κ3) is 3.19. The van der Waals surface area contributed by atoms with E-state index in [-0.39, 0.29) is 22.8 Å². The number of nitrogens with zero attached hydrogens (tertiary/aromatic N) is 5. The van der Waals surface area contributed by atoms with Gasteiger partial charge in [-0.3, -0.25) is 14.7 Å². The van der Waals surface area contributed by atoms with Crippen molar-refractivity contribution in [3.8, 4) is 6.07 Å². The minimum Gasteiger partial charge on any atom is -0.335 e. The SMILES string of the molecule is CC(C#N)N1CCN(C(=O)c2cncc(Cl)n2)CC1. The summed E-state index contributed by atoms with van der Waals surface area (Å²) in [6.45, 7) is 4.40. The number of rotatable bonds is 2. The molecule has 1 unspecified atom stereocenters. The molecule has 1 aliphatic heterocycles. The van der Waals surface area contributed by atoms with E-state index in [0.29, 0.717) is 26.2 Å². The Morgan fingerprint density at radius 1 is 1.42 bits per heavy atom. The molecule has 0 aliphatic carbocycles. The molecular formula is C12H14ClN5O. The van der Waals surface area contributed by atoms with Crippen molar-refractivity contribution in [3.05, 3.63) is 23.2 Å². The predicted molar refractivity (Wildman–Crippen MR) is 69.6 cm³/mol. The molecular weight excluding hydrogens is 266 g/mol. The average molecular weight is 280 g/mol. The summed E-state index contributed by atoms with van der Waals surface area (Å²) in [5.41, 5.74) is 0.259. The molecule has 0 spiro atoms.